The summed E-state index contributed by atoms with van der Waals surface area (Å²) >= 11 is 0. The largest absolute Gasteiger partial charge is 0.496 e. The molecule has 0 aliphatic carbocycles. The molecule has 2 aromatic heterocycles. The van der Waals surface area contributed by atoms with Gasteiger partial charge >= 0.3 is 5.69 Å². The predicted octanol–water partition coefficient (Wildman–Crippen LogP) is 2.52. The highest BCUT2D eigenvalue weighted by Crippen LogP contribution is 2.29. The van der Waals surface area contributed by atoms with Gasteiger partial charge in [-0.05, 0) is 43.3 Å². The molecule has 0 aliphatic heterocycles. The summed E-state index contributed by atoms with van der Waals surface area (Å²) in [4.78, 5) is 34.3. The van der Waals surface area contributed by atoms with E-state index in [1.165, 1.54) is 40.5 Å². The molecule has 0 saturated heterocycles. The van der Waals surface area contributed by atoms with Crippen LogP contribution in [0.4, 0.5) is 4.39 Å². The topological polar surface area (TPSA) is 105 Å². The van der Waals surface area contributed by atoms with Crippen molar-refractivity contribution < 1.29 is 13.9 Å². The van der Waals surface area contributed by atoms with E-state index < -0.39 is 17.4 Å². The number of fused-ring (bicyclic) bond motifs is 1. The van der Waals surface area contributed by atoms with Crippen LogP contribution < -0.4 is 16.2 Å². The SMILES string of the molecule is CCn1c(=O)n(-c2ccc(F)cc2)c2nc(-c3ccccc3OC)nc(C(N)=O)c21. The molecule has 9 heteroatoms. The molecular formula is C21H18FN5O3. The second-order valence-corrected chi connectivity index (χ2v) is 6.47. The smallest absolute Gasteiger partial charge is 0.335 e. The van der Waals surface area contributed by atoms with Gasteiger partial charge in [0, 0.05) is 6.54 Å². The number of nitrogens with two attached hydrogens (primary N) is 1. The van der Waals surface area contributed by atoms with Crippen LogP contribution in [0.25, 0.3) is 28.2 Å². The third-order valence-corrected chi connectivity index (χ3v) is 4.75. The lowest BCUT2D eigenvalue weighted by Gasteiger charge is -2.10. The molecule has 0 fully saturated rings. The molecule has 0 saturated carbocycles. The number of hydrogen-bond acceptors (Lipinski definition) is 5. The number of nitrogens with zero attached hydrogens (tertiary/aromatic N) is 4. The number of halogens is 1. The van der Waals surface area contributed by atoms with Crippen molar-refractivity contribution in [2.75, 3.05) is 7.11 Å². The van der Waals surface area contributed by atoms with E-state index in [1.807, 2.05) is 0 Å². The molecule has 0 bridgehead atoms. The average molecular weight is 407 g/mol. The normalized spacial score (nSPS) is 11.0. The van der Waals surface area contributed by atoms with Gasteiger partial charge in [0.25, 0.3) is 5.91 Å². The highest BCUT2D eigenvalue weighted by molar-refractivity contribution is 6.02. The Morgan fingerprint density at radius 1 is 1.13 bits per heavy atom. The lowest BCUT2D eigenvalue weighted by Crippen LogP contribution is -2.23. The first kappa shape index (κ1) is 19.3. The van der Waals surface area contributed by atoms with Crippen molar-refractivity contribution in [1.29, 1.82) is 0 Å². The molecule has 152 valence electrons. The molecule has 30 heavy (non-hydrogen) atoms. The van der Waals surface area contributed by atoms with E-state index in [0.29, 0.717) is 17.0 Å². The van der Waals surface area contributed by atoms with E-state index in [1.54, 1.807) is 31.2 Å². The van der Waals surface area contributed by atoms with Gasteiger partial charge in [-0.2, -0.15) is 0 Å². The molecule has 4 aromatic rings. The zero-order valence-corrected chi connectivity index (χ0v) is 16.3. The third kappa shape index (κ3) is 3.00. The third-order valence-electron chi connectivity index (χ3n) is 4.75. The van der Waals surface area contributed by atoms with E-state index in [-0.39, 0.29) is 29.2 Å². The van der Waals surface area contributed by atoms with Crippen LogP contribution in [-0.2, 0) is 6.54 Å². The van der Waals surface area contributed by atoms with Gasteiger partial charge in [-0.25, -0.2) is 23.7 Å². The van der Waals surface area contributed by atoms with Crippen molar-refractivity contribution in [2.45, 2.75) is 13.5 Å². The summed E-state index contributed by atoms with van der Waals surface area (Å²) in [5.41, 5.74) is 6.43. The molecule has 0 aliphatic rings. The molecule has 2 aromatic carbocycles. The Morgan fingerprint density at radius 3 is 2.47 bits per heavy atom. The van der Waals surface area contributed by atoms with Crippen molar-refractivity contribution >= 4 is 17.1 Å². The molecule has 0 radical (unpaired) electrons. The zero-order valence-electron chi connectivity index (χ0n) is 16.3. The second kappa shape index (κ2) is 7.43. The number of primary amides is 1. The number of hydrogen-bond donors (Lipinski definition) is 1. The highest BCUT2D eigenvalue weighted by atomic mass is 19.1. The molecule has 2 N–H and O–H groups in total. The molecule has 0 spiro atoms. The number of amides is 1. The summed E-state index contributed by atoms with van der Waals surface area (Å²) in [5.74, 6) is -0.555. The van der Waals surface area contributed by atoms with Gasteiger partial charge in [-0.3, -0.25) is 9.36 Å². The van der Waals surface area contributed by atoms with Crippen LogP contribution in [0.2, 0.25) is 0 Å². The Labute approximate surface area is 170 Å². The fourth-order valence-corrected chi connectivity index (χ4v) is 3.39. The molecule has 0 atom stereocenters. The fourth-order valence-electron chi connectivity index (χ4n) is 3.39. The lowest BCUT2D eigenvalue weighted by atomic mass is 10.1. The maximum Gasteiger partial charge on any atom is 0.335 e. The van der Waals surface area contributed by atoms with Gasteiger partial charge in [-0.1, -0.05) is 12.1 Å². The maximum atomic E-state index is 13.4. The number of aryl methyl sites for hydroxylation is 1. The Hall–Kier alpha value is -4.01. The van der Waals surface area contributed by atoms with Crippen LogP contribution in [0.15, 0.2) is 53.3 Å². The Kier molecular flexibility index (Phi) is 4.78. The number of imidazole rings is 1. The summed E-state index contributed by atoms with van der Waals surface area (Å²) in [6.07, 6.45) is 0. The summed E-state index contributed by atoms with van der Waals surface area (Å²) in [5, 5.41) is 0. The molecule has 0 unspecified atom stereocenters. The minimum atomic E-state index is -0.794. The fraction of sp³-hybridized carbons (Fsp3) is 0.143. The van der Waals surface area contributed by atoms with E-state index in [4.69, 9.17) is 10.5 Å². The maximum absolute atomic E-state index is 13.4. The number of para-hydroxylation sites is 1. The number of carbonyl (C=O) groups is 1. The van der Waals surface area contributed by atoms with Crippen molar-refractivity contribution in [3.63, 3.8) is 0 Å². The molecule has 2 heterocycles. The Bertz CT molecular complexity index is 1330. The van der Waals surface area contributed by atoms with Gasteiger partial charge < -0.3 is 10.5 Å². The average Bonchev–Trinajstić information content (AvgIpc) is 3.04. The van der Waals surface area contributed by atoms with Crippen LogP contribution in [0.3, 0.4) is 0 Å². The Balaban J connectivity index is 2.14. The van der Waals surface area contributed by atoms with E-state index in [0.717, 1.165) is 0 Å². The van der Waals surface area contributed by atoms with Gasteiger partial charge in [0.1, 0.15) is 17.1 Å². The minimum Gasteiger partial charge on any atom is -0.496 e. The van der Waals surface area contributed by atoms with Crippen LogP contribution in [0.5, 0.6) is 5.75 Å². The van der Waals surface area contributed by atoms with E-state index in [9.17, 15) is 14.0 Å². The first-order chi connectivity index (χ1) is 14.5. The lowest BCUT2D eigenvalue weighted by molar-refractivity contribution is 0.0997. The highest BCUT2D eigenvalue weighted by Gasteiger charge is 2.24. The van der Waals surface area contributed by atoms with Gasteiger partial charge in [0.2, 0.25) is 0 Å². The van der Waals surface area contributed by atoms with Crippen LogP contribution in [-0.4, -0.2) is 32.1 Å². The quantitative estimate of drug-likeness (QED) is 0.547. The molecule has 8 nitrogen and oxygen atoms in total. The summed E-state index contributed by atoms with van der Waals surface area (Å²) in [7, 11) is 1.51. The van der Waals surface area contributed by atoms with E-state index >= 15 is 0 Å². The molecule has 4 rings (SSSR count). The van der Waals surface area contributed by atoms with Crippen molar-refractivity contribution in [2.24, 2.45) is 5.73 Å². The summed E-state index contributed by atoms with van der Waals surface area (Å²) in [6.45, 7) is 2.02. The van der Waals surface area contributed by atoms with Gasteiger partial charge in [0.05, 0.1) is 18.4 Å². The van der Waals surface area contributed by atoms with Gasteiger partial charge in [0.15, 0.2) is 17.2 Å². The van der Waals surface area contributed by atoms with E-state index in [2.05, 4.69) is 9.97 Å². The molecular weight excluding hydrogens is 389 g/mol. The number of methoxy groups -OCH3 is 1. The predicted molar refractivity (Wildman–Crippen MR) is 109 cm³/mol. The van der Waals surface area contributed by atoms with Crippen LogP contribution in [0, 0.1) is 5.82 Å². The van der Waals surface area contributed by atoms with Crippen molar-refractivity contribution in [1.82, 2.24) is 19.1 Å². The van der Waals surface area contributed by atoms with Crippen molar-refractivity contribution in [3.05, 3.63) is 70.5 Å². The van der Waals surface area contributed by atoms with Crippen LogP contribution in [0.1, 0.15) is 17.4 Å². The number of ether oxygens (including phenoxy) is 1. The molecule has 1 amide bonds. The second-order valence-electron chi connectivity index (χ2n) is 6.47. The number of rotatable bonds is 5. The summed E-state index contributed by atoms with van der Waals surface area (Å²) in [6, 6.07) is 12.5. The Morgan fingerprint density at radius 2 is 1.83 bits per heavy atom. The number of benzene rings is 2. The minimum absolute atomic E-state index is 0.0827. The zero-order chi connectivity index (χ0) is 21.4. The standard InChI is InChI=1S/C21H18FN5O3/c1-3-26-17-16(18(23)28)24-19(14-6-4-5-7-15(14)30-2)25-20(17)27(21(26)29)13-10-8-12(22)9-11-13/h4-11H,3H2,1-2H3,(H2,23,28). The monoisotopic (exact) mass is 407 g/mol. The first-order valence-electron chi connectivity index (χ1n) is 9.18. The number of carbonyl (C=O) groups excluding carboxylic acids is 1. The number of aromatic nitrogens is 4. The summed E-state index contributed by atoms with van der Waals surface area (Å²) < 4.78 is 21.5. The van der Waals surface area contributed by atoms with Crippen molar-refractivity contribution in [3.8, 4) is 22.8 Å². The van der Waals surface area contributed by atoms with Crippen LogP contribution >= 0.6 is 0 Å². The van der Waals surface area contributed by atoms with Gasteiger partial charge in [-0.15, -0.1) is 0 Å². The first-order valence-corrected chi connectivity index (χ1v) is 9.18.